The lowest BCUT2D eigenvalue weighted by atomic mass is 10.2. The number of nitrogens with zero attached hydrogens (tertiary/aromatic N) is 2. The van der Waals surface area contributed by atoms with Crippen molar-refractivity contribution in [1.82, 2.24) is 9.80 Å². The summed E-state index contributed by atoms with van der Waals surface area (Å²) in [6.45, 7) is 1.79. The van der Waals surface area contributed by atoms with Gasteiger partial charge >= 0.3 is 0 Å². The first kappa shape index (κ1) is 13.0. The van der Waals surface area contributed by atoms with Crippen LogP contribution in [-0.2, 0) is 4.79 Å². The molecule has 2 heterocycles. The Balaban J connectivity index is 2.17. The quantitative estimate of drug-likeness (QED) is 0.808. The summed E-state index contributed by atoms with van der Waals surface area (Å²) in [5.74, 6) is 1.91. The highest BCUT2D eigenvalue weighted by Gasteiger charge is 2.36. The molecule has 2 rings (SSSR count). The lowest BCUT2D eigenvalue weighted by Gasteiger charge is -2.24. The Bertz CT molecular complexity index is 470. The maximum absolute atomic E-state index is 12.2. The van der Waals surface area contributed by atoms with Gasteiger partial charge in [-0.1, -0.05) is 0 Å². The van der Waals surface area contributed by atoms with E-state index in [2.05, 4.69) is 0 Å². The van der Waals surface area contributed by atoms with Gasteiger partial charge in [-0.2, -0.15) is 0 Å². The minimum Gasteiger partial charge on any atom is -0.456 e. The second kappa shape index (κ2) is 5.06. The number of hydrogen-bond donors (Lipinski definition) is 0. The lowest BCUT2D eigenvalue weighted by molar-refractivity contribution is -0.132. The SMILES string of the molecule is Cc1ccc(C(=O)N2CSCC2C(=O)N(C)C)o1. The van der Waals surface area contributed by atoms with E-state index in [1.54, 1.807) is 49.8 Å². The summed E-state index contributed by atoms with van der Waals surface area (Å²) in [7, 11) is 3.40. The number of furan rings is 1. The molecule has 0 aromatic carbocycles. The summed E-state index contributed by atoms with van der Waals surface area (Å²) < 4.78 is 5.32. The molecule has 0 N–H and O–H groups in total. The molecule has 1 aromatic rings. The number of rotatable bonds is 2. The van der Waals surface area contributed by atoms with Crippen molar-refractivity contribution in [3.63, 3.8) is 0 Å². The topological polar surface area (TPSA) is 53.8 Å². The van der Waals surface area contributed by atoms with Crippen LogP contribution in [0.4, 0.5) is 0 Å². The minimum absolute atomic E-state index is 0.0448. The van der Waals surface area contributed by atoms with Gasteiger partial charge in [0.2, 0.25) is 5.91 Å². The minimum atomic E-state index is -0.386. The third-order valence-electron chi connectivity index (χ3n) is 2.82. The molecular formula is C12H16N2O3S. The Kier molecular flexibility index (Phi) is 3.65. The Hall–Kier alpha value is -1.43. The van der Waals surface area contributed by atoms with Crippen LogP contribution >= 0.6 is 11.8 Å². The fraction of sp³-hybridized carbons (Fsp3) is 0.500. The van der Waals surface area contributed by atoms with Gasteiger partial charge in [-0.25, -0.2) is 0 Å². The largest absolute Gasteiger partial charge is 0.456 e. The van der Waals surface area contributed by atoms with E-state index in [4.69, 9.17) is 4.42 Å². The maximum atomic E-state index is 12.2. The molecule has 6 heteroatoms. The molecule has 2 amide bonds. The zero-order valence-corrected chi connectivity index (χ0v) is 11.5. The van der Waals surface area contributed by atoms with E-state index in [-0.39, 0.29) is 17.9 Å². The van der Waals surface area contributed by atoms with Crippen LogP contribution < -0.4 is 0 Å². The van der Waals surface area contributed by atoms with E-state index in [9.17, 15) is 9.59 Å². The van der Waals surface area contributed by atoms with E-state index < -0.39 is 0 Å². The highest BCUT2D eigenvalue weighted by molar-refractivity contribution is 7.99. The standard InChI is InChI=1S/C12H16N2O3S/c1-8-4-5-10(17-8)12(16)14-7-18-6-9(14)11(15)13(2)3/h4-5,9H,6-7H2,1-3H3. The van der Waals surface area contributed by atoms with Gasteiger partial charge in [-0.05, 0) is 19.1 Å². The molecule has 0 saturated carbocycles. The van der Waals surface area contributed by atoms with Crippen molar-refractivity contribution in [3.05, 3.63) is 23.7 Å². The molecule has 0 radical (unpaired) electrons. The van der Waals surface area contributed by atoms with Crippen LogP contribution in [0, 0.1) is 6.92 Å². The Morgan fingerprint density at radius 2 is 2.17 bits per heavy atom. The number of hydrogen-bond acceptors (Lipinski definition) is 4. The van der Waals surface area contributed by atoms with Crippen LogP contribution in [0.15, 0.2) is 16.5 Å². The summed E-state index contributed by atoms with van der Waals surface area (Å²) in [4.78, 5) is 27.3. The molecule has 0 bridgehead atoms. The molecule has 1 aliphatic heterocycles. The molecule has 1 saturated heterocycles. The predicted molar refractivity (Wildman–Crippen MR) is 69.4 cm³/mol. The van der Waals surface area contributed by atoms with Crippen LogP contribution in [0.5, 0.6) is 0 Å². The smallest absolute Gasteiger partial charge is 0.290 e. The molecule has 1 fully saturated rings. The molecule has 18 heavy (non-hydrogen) atoms. The van der Waals surface area contributed by atoms with Gasteiger partial charge in [0.1, 0.15) is 11.8 Å². The van der Waals surface area contributed by atoms with Crippen molar-refractivity contribution in [1.29, 1.82) is 0 Å². The van der Waals surface area contributed by atoms with Gasteiger partial charge in [-0.15, -0.1) is 11.8 Å². The molecular weight excluding hydrogens is 252 g/mol. The summed E-state index contributed by atoms with van der Waals surface area (Å²) in [5, 5.41) is 0. The van der Waals surface area contributed by atoms with E-state index in [1.165, 1.54) is 4.90 Å². The first-order valence-corrected chi connectivity index (χ1v) is 6.82. The number of amides is 2. The normalized spacial score (nSPS) is 19.1. The predicted octanol–water partition coefficient (Wildman–Crippen LogP) is 1.19. The van der Waals surface area contributed by atoms with Gasteiger partial charge in [0.15, 0.2) is 5.76 Å². The Morgan fingerprint density at radius 1 is 1.44 bits per heavy atom. The second-order valence-corrected chi connectivity index (χ2v) is 5.43. The molecule has 98 valence electrons. The van der Waals surface area contributed by atoms with Gasteiger partial charge in [0.25, 0.3) is 5.91 Å². The molecule has 1 aliphatic rings. The molecule has 1 unspecified atom stereocenters. The molecule has 5 nitrogen and oxygen atoms in total. The van der Waals surface area contributed by atoms with Crippen LogP contribution in [-0.4, -0.2) is 53.4 Å². The fourth-order valence-corrected chi connectivity index (χ4v) is 2.98. The average Bonchev–Trinajstić information content (AvgIpc) is 2.95. The van der Waals surface area contributed by atoms with Gasteiger partial charge in [0.05, 0.1) is 5.88 Å². The summed E-state index contributed by atoms with van der Waals surface area (Å²) >= 11 is 1.58. The van der Waals surface area contributed by atoms with Gasteiger partial charge < -0.3 is 14.2 Å². The van der Waals surface area contributed by atoms with Crippen molar-refractivity contribution in [2.24, 2.45) is 0 Å². The van der Waals surface area contributed by atoms with Crippen molar-refractivity contribution in [3.8, 4) is 0 Å². The fourth-order valence-electron chi connectivity index (χ4n) is 1.84. The number of carbonyl (C=O) groups is 2. The Morgan fingerprint density at radius 3 is 2.72 bits per heavy atom. The number of aryl methyl sites for hydroxylation is 1. The van der Waals surface area contributed by atoms with Crippen molar-refractivity contribution < 1.29 is 14.0 Å². The van der Waals surface area contributed by atoms with Crippen LogP contribution in [0.1, 0.15) is 16.3 Å². The summed E-state index contributed by atoms with van der Waals surface area (Å²) in [6, 6.07) is 3.01. The van der Waals surface area contributed by atoms with Crippen LogP contribution in [0.25, 0.3) is 0 Å². The number of carbonyl (C=O) groups excluding carboxylic acids is 2. The third-order valence-corrected chi connectivity index (χ3v) is 3.83. The lowest BCUT2D eigenvalue weighted by Crippen LogP contribution is -2.46. The highest BCUT2D eigenvalue weighted by Crippen LogP contribution is 2.24. The van der Waals surface area contributed by atoms with E-state index in [0.717, 1.165) is 0 Å². The van der Waals surface area contributed by atoms with Gasteiger partial charge in [0, 0.05) is 19.8 Å². The first-order valence-electron chi connectivity index (χ1n) is 5.67. The van der Waals surface area contributed by atoms with E-state index in [0.29, 0.717) is 23.2 Å². The third kappa shape index (κ3) is 2.38. The van der Waals surface area contributed by atoms with Gasteiger partial charge in [-0.3, -0.25) is 9.59 Å². The van der Waals surface area contributed by atoms with Crippen molar-refractivity contribution >= 4 is 23.6 Å². The zero-order chi connectivity index (χ0) is 13.3. The van der Waals surface area contributed by atoms with Crippen molar-refractivity contribution in [2.75, 3.05) is 25.7 Å². The van der Waals surface area contributed by atoms with E-state index in [1.807, 2.05) is 0 Å². The first-order chi connectivity index (χ1) is 8.50. The Labute approximate surface area is 110 Å². The highest BCUT2D eigenvalue weighted by atomic mass is 32.2. The van der Waals surface area contributed by atoms with Crippen molar-refractivity contribution in [2.45, 2.75) is 13.0 Å². The molecule has 1 atom stereocenters. The van der Waals surface area contributed by atoms with E-state index >= 15 is 0 Å². The molecule has 0 aliphatic carbocycles. The average molecular weight is 268 g/mol. The molecule has 0 spiro atoms. The van der Waals surface area contributed by atoms with Crippen LogP contribution in [0.3, 0.4) is 0 Å². The summed E-state index contributed by atoms with van der Waals surface area (Å²) in [6.07, 6.45) is 0. The maximum Gasteiger partial charge on any atom is 0.290 e. The summed E-state index contributed by atoms with van der Waals surface area (Å²) in [5.41, 5.74) is 0. The molecule has 1 aromatic heterocycles. The second-order valence-electron chi connectivity index (χ2n) is 4.43. The number of thioether (sulfide) groups is 1. The monoisotopic (exact) mass is 268 g/mol. The zero-order valence-electron chi connectivity index (χ0n) is 10.7. The number of likely N-dealkylation sites (N-methyl/N-ethyl adjacent to an activating group) is 1. The van der Waals surface area contributed by atoms with Crippen LogP contribution in [0.2, 0.25) is 0 Å².